The highest BCUT2D eigenvalue weighted by molar-refractivity contribution is 6.34. The number of anilines is 1. The first kappa shape index (κ1) is 23.6. The van der Waals surface area contributed by atoms with Gasteiger partial charge in [0.1, 0.15) is 18.3 Å². The fourth-order valence-electron chi connectivity index (χ4n) is 3.31. The van der Waals surface area contributed by atoms with Crippen LogP contribution in [-0.4, -0.2) is 36.1 Å². The average molecular weight is 497 g/mol. The number of nitrogens with zero attached hydrogens (tertiary/aromatic N) is 5. The molecule has 0 spiro atoms. The van der Waals surface area contributed by atoms with Gasteiger partial charge in [-0.05, 0) is 6.07 Å². The first-order valence-electron chi connectivity index (χ1n) is 10.1. The van der Waals surface area contributed by atoms with Crippen LogP contribution in [-0.2, 0) is 27.9 Å². The van der Waals surface area contributed by atoms with Crippen LogP contribution < -0.4 is 10.9 Å². The Morgan fingerprint density at radius 3 is 2.66 bits per heavy atom. The highest BCUT2D eigenvalue weighted by Crippen LogP contribution is 2.28. The van der Waals surface area contributed by atoms with Gasteiger partial charge in [-0.15, -0.1) is 0 Å². The number of benzene rings is 2. The van der Waals surface area contributed by atoms with E-state index in [2.05, 4.69) is 15.4 Å². The van der Waals surface area contributed by atoms with Crippen molar-refractivity contribution in [1.29, 1.82) is 0 Å². The molecule has 0 fully saturated rings. The van der Waals surface area contributed by atoms with E-state index in [9.17, 15) is 24.5 Å². The Hall–Kier alpha value is -4.58. The molecule has 2 aromatic heterocycles. The van der Waals surface area contributed by atoms with Gasteiger partial charge in [0, 0.05) is 24.7 Å². The van der Waals surface area contributed by atoms with Crippen molar-refractivity contribution in [1.82, 2.24) is 19.3 Å². The highest BCUT2D eigenvalue weighted by Gasteiger charge is 2.26. The standard InChI is InChI=1S/C22H17ClN6O6/c1-27-20-15(10-25-27)22(32)28(12-24-20)11-18(30)35-19(13-5-3-2-4-6-13)21(31)26-17-8-7-14(29(33)34)9-16(17)23/h2-10,12,19H,11H2,1H3,(H,26,31). The molecule has 4 rings (SSSR count). The SMILES string of the molecule is Cn1ncc2c(=O)n(CC(=O)OC(C(=O)Nc3ccc([N+](=O)[O-])cc3Cl)c3ccccc3)cnc21. The van der Waals surface area contributed by atoms with Crippen molar-refractivity contribution in [3.63, 3.8) is 0 Å². The number of hydrogen-bond donors (Lipinski definition) is 1. The molecule has 1 atom stereocenters. The molecule has 1 N–H and O–H groups in total. The number of nitro benzene ring substituents is 1. The summed E-state index contributed by atoms with van der Waals surface area (Å²) in [5.41, 5.74) is 0.0921. The van der Waals surface area contributed by atoms with Crippen LogP contribution in [0.2, 0.25) is 5.02 Å². The Morgan fingerprint density at radius 2 is 1.97 bits per heavy atom. The summed E-state index contributed by atoms with van der Waals surface area (Å²) in [4.78, 5) is 52.8. The molecule has 2 aromatic carbocycles. The van der Waals surface area contributed by atoms with E-state index < -0.39 is 35.0 Å². The number of halogens is 1. The maximum atomic E-state index is 13.0. The maximum Gasteiger partial charge on any atom is 0.327 e. The lowest BCUT2D eigenvalue weighted by Gasteiger charge is -2.19. The summed E-state index contributed by atoms with van der Waals surface area (Å²) in [6, 6.07) is 11.8. The largest absolute Gasteiger partial charge is 0.446 e. The molecule has 0 aliphatic heterocycles. The Bertz CT molecular complexity index is 1500. The molecule has 0 saturated heterocycles. The van der Waals surface area contributed by atoms with Crippen LogP contribution in [0.25, 0.3) is 11.0 Å². The number of hydrogen-bond acceptors (Lipinski definition) is 8. The Labute approximate surface area is 201 Å². The van der Waals surface area contributed by atoms with Gasteiger partial charge in [-0.1, -0.05) is 41.9 Å². The van der Waals surface area contributed by atoms with Crippen molar-refractivity contribution in [2.45, 2.75) is 12.6 Å². The summed E-state index contributed by atoms with van der Waals surface area (Å²) < 4.78 is 7.92. The lowest BCUT2D eigenvalue weighted by molar-refractivity contribution is -0.384. The van der Waals surface area contributed by atoms with Crippen molar-refractivity contribution in [2.75, 3.05) is 5.32 Å². The van der Waals surface area contributed by atoms with Crippen LogP contribution in [0.15, 0.2) is 65.8 Å². The summed E-state index contributed by atoms with van der Waals surface area (Å²) in [7, 11) is 1.63. The van der Waals surface area contributed by atoms with E-state index in [-0.39, 0.29) is 21.8 Å². The molecule has 13 heteroatoms. The van der Waals surface area contributed by atoms with E-state index in [1.807, 2.05) is 0 Å². The van der Waals surface area contributed by atoms with Crippen molar-refractivity contribution in [2.24, 2.45) is 7.05 Å². The number of nitrogens with one attached hydrogen (secondary N) is 1. The number of non-ortho nitro benzene ring substituents is 1. The first-order chi connectivity index (χ1) is 16.7. The molecule has 0 saturated carbocycles. The van der Waals surface area contributed by atoms with Gasteiger partial charge in [0.25, 0.3) is 17.2 Å². The molecule has 12 nitrogen and oxygen atoms in total. The lowest BCUT2D eigenvalue weighted by atomic mass is 10.1. The number of nitro groups is 1. The molecule has 0 aliphatic carbocycles. The van der Waals surface area contributed by atoms with Crippen molar-refractivity contribution in [3.05, 3.63) is 92.1 Å². The number of carbonyl (C=O) groups excluding carboxylic acids is 2. The number of amides is 1. The average Bonchev–Trinajstić information content (AvgIpc) is 3.22. The smallest absolute Gasteiger partial charge is 0.327 e. The highest BCUT2D eigenvalue weighted by atomic mass is 35.5. The number of ether oxygens (including phenoxy) is 1. The zero-order valence-electron chi connectivity index (χ0n) is 18.1. The Morgan fingerprint density at radius 1 is 1.23 bits per heavy atom. The minimum atomic E-state index is -1.39. The number of rotatable bonds is 7. The van der Waals surface area contributed by atoms with E-state index in [4.69, 9.17) is 16.3 Å². The zero-order chi connectivity index (χ0) is 25.1. The van der Waals surface area contributed by atoms with Gasteiger partial charge in [0.05, 0.1) is 21.8 Å². The van der Waals surface area contributed by atoms with Crippen LogP contribution in [0.1, 0.15) is 11.7 Å². The summed E-state index contributed by atoms with van der Waals surface area (Å²) >= 11 is 6.07. The van der Waals surface area contributed by atoms with Gasteiger partial charge in [-0.25, -0.2) is 4.98 Å². The maximum absolute atomic E-state index is 13.0. The molecule has 0 aliphatic rings. The zero-order valence-corrected chi connectivity index (χ0v) is 18.9. The third-order valence-corrected chi connectivity index (χ3v) is 5.34. The van der Waals surface area contributed by atoms with Gasteiger partial charge in [0.15, 0.2) is 5.65 Å². The number of carbonyl (C=O) groups is 2. The second-order valence-corrected chi connectivity index (χ2v) is 7.78. The van der Waals surface area contributed by atoms with Crippen LogP contribution in [0.4, 0.5) is 11.4 Å². The van der Waals surface area contributed by atoms with Gasteiger partial charge in [-0.2, -0.15) is 5.10 Å². The van der Waals surface area contributed by atoms with Gasteiger partial charge in [-0.3, -0.25) is 33.7 Å². The van der Waals surface area contributed by atoms with E-state index in [1.165, 1.54) is 29.3 Å². The quantitative estimate of drug-likeness (QED) is 0.233. The molecule has 35 heavy (non-hydrogen) atoms. The molecule has 0 radical (unpaired) electrons. The van der Waals surface area contributed by atoms with E-state index >= 15 is 0 Å². The minimum Gasteiger partial charge on any atom is -0.446 e. The third kappa shape index (κ3) is 5.01. The molecule has 1 amide bonds. The summed E-state index contributed by atoms with van der Waals surface area (Å²) in [6.07, 6.45) is 1.16. The Kier molecular flexibility index (Phi) is 6.55. The van der Waals surface area contributed by atoms with Crippen molar-refractivity contribution >= 4 is 45.9 Å². The fraction of sp³-hybridized carbons (Fsp3) is 0.136. The monoisotopic (exact) mass is 496 g/mol. The van der Waals surface area contributed by atoms with Crippen LogP contribution in [0.5, 0.6) is 0 Å². The van der Waals surface area contributed by atoms with Crippen molar-refractivity contribution in [3.8, 4) is 0 Å². The van der Waals surface area contributed by atoms with Gasteiger partial charge in [0.2, 0.25) is 6.10 Å². The number of aryl methyl sites for hydroxylation is 1. The molecule has 1 unspecified atom stereocenters. The van der Waals surface area contributed by atoms with Crippen LogP contribution in [0, 0.1) is 10.1 Å². The topological polar surface area (TPSA) is 151 Å². The second kappa shape index (κ2) is 9.73. The summed E-state index contributed by atoms with van der Waals surface area (Å²) in [5, 5.41) is 17.6. The number of esters is 1. The fourth-order valence-corrected chi connectivity index (χ4v) is 3.53. The molecular weight excluding hydrogens is 480 g/mol. The molecular formula is C22H17ClN6O6. The third-order valence-electron chi connectivity index (χ3n) is 5.03. The summed E-state index contributed by atoms with van der Waals surface area (Å²) in [5.74, 6) is -1.61. The lowest BCUT2D eigenvalue weighted by Crippen LogP contribution is -2.30. The molecule has 0 bridgehead atoms. The predicted molar refractivity (Wildman–Crippen MR) is 125 cm³/mol. The predicted octanol–water partition coefficient (Wildman–Crippen LogP) is 2.61. The van der Waals surface area contributed by atoms with E-state index in [0.29, 0.717) is 11.2 Å². The van der Waals surface area contributed by atoms with Crippen molar-refractivity contribution < 1.29 is 19.2 Å². The van der Waals surface area contributed by atoms with Crippen LogP contribution in [0.3, 0.4) is 0 Å². The first-order valence-corrected chi connectivity index (χ1v) is 10.5. The molecule has 178 valence electrons. The summed E-state index contributed by atoms with van der Waals surface area (Å²) in [6.45, 7) is -0.494. The second-order valence-electron chi connectivity index (χ2n) is 7.37. The van der Waals surface area contributed by atoms with Gasteiger partial charge >= 0.3 is 5.97 Å². The minimum absolute atomic E-state index is 0.0620. The van der Waals surface area contributed by atoms with Gasteiger partial charge < -0.3 is 10.1 Å². The Balaban J connectivity index is 1.56. The van der Waals surface area contributed by atoms with Crippen LogP contribution >= 0.6 is 11.6 Å². The number of fused-ring (bicyclic) bond motifs is 1. The van der Waals surface area contributed by atoms with E-state index in [0.717, 1.165) is 10.6 Å². The molecule has 4 aromatic rings. The molecule has 2 heterocycles. The number of aromatic nitrogens is 4. The van der Waals surface area contributed by atoms with E-state index in [1.54, 1.807) is 37.4 Å². The normalized spacial score (nSPS) is 11.7.